The Hall–Kier alpha value is -3.28. The normalized spacial score (nSPS) is 14.9. The molecule has 4 rings (SSSR count). The predicted molar refractivity (Wildman–Crippen MR) is 123 cm³/mol. The van der Waals surface area contributed by atoms with Crippen molar-refractivity contribution in [1.29, 1.82) is 0 Å². The number of hydrogen-bond acceptors (Lipinski definition) is 3. The minimum Gasteiger partial charge on any atom is -0.486 e. The van der Waals surface area contributed by atoms with Gasteiger partial charge in [0.1, 0.15) is 12.3 Å². The summed E-state index contributed by atoms with van der Waals surface area (Å²) >= 11 is 12.8. The Bertz CT molecular complexity index is 1210. The molecule has 7 heteroatoms. The van der Waals surface area contributed by atoms with Crippen LogP contribution in [-0.2, 0) is 11.4 Å². The predicted octanol–water partition coefficient (Wildman–Crippen LogP) is 5.80. The van der Waals surface area contributed by atoms with Gasteiger partial charge in [0.05, 0.1) is 10.0 Å². The largest absolute Gasteiger partial charge is 0.486 e. The van der Waals surface area contributed by atoms with Crippen molar-refractivity contribution in [3.8, 4) is 5.75 Å². The highest BCUT2D eigenvalue weighted by Crippen LogP contribution is 2.35. The number of halogens is 2. The number of carbonyl (C=O) groups is 2. The van der Waals surface area contributed by atoms with E-state index >= 15 is 0 Å². The molecule has 0 atom stereocenters. The molecule has 0 radical (unpaired) electrons. The van der Waals surface area contributed by atoms with Crippen LogP contribution in [-0.4, -0.2) is 23.4 Å². The van der Waals surface area contributed by atoms with Gasteiger partial charge in [-0.3, -0.25) is 9.69 Å². The molecule has 0 bridgehead atoms. The molecule has 5 nitrogen and oxygen atoms in total. The zero-order chi connectivity index (χ0) is 22.0. The topological polar surface area (TPSA) is 58.6 Å². The third-order valence-electron chi connectivity index (χ3n) is 4.80. The number of benzene rings is 3. The molecule has 0 unspecified atom stereocenters. The number of nitrogens with one attached hydrogen (secondary N) is 1. The lowest BCUT2D eigenvalue weighted by Crippen LogP contribution is -2.30. The number of urea groups is 1. The van der Waals surface area contributed by atoms with Gasteiger partial charge in [0, 0.05) is 6.54 Å². The van der Waals surface area contributed by atoms with Crippen molar-refractivity contribution < 1.29 is 14.3 Å². The number of ether oxygens (including phenoxy) is 1. The standard InChI is InChI=1S/C24H18Cl2N2O3/c1-2-9-28-23(29)21(27-24(28)30)13-16-11-19(25)22(20(26)12-16)31-14-15-7-8-17-5-3-4-6-18(17)10-15/h2-8,10-13H,1,9,14H2,(H,27,30)/b21-13+. The quantitative estimate of drug-likeness (QED) is 0.291. The molecule has 3 amide bonds. The Morgan fingerprint density at radius 1 is 1.00 bits per heavy atom. The van der Waals surface area contributed by atoms with Crippen LogP contribution in [0.4, 0.5) is 4.79 Å². The SMILES string of the molecule is C=CCN1C(=O)N/C(=C/c2cc(Cl)c(OCc3ccc4ccccc4c3)c(Cl)c2)C1=O. The van der Waals surface area contributed by atoms with Gasteiger partial charge in [-0.1, -0.05) is 65.7 Å². The van der Waals surface area contributed by atoms with E-state index in [-0.39, 0.29) is 12.2 Å². The highest BCUT2D eigenvalue weighted by Gasteiger charge is 2.32. The summed E-state index contributed by atoms with van der Waals surface area (Å²) in [4.78, 5) is 25.3. The van der Waals surface area contributed by atoms with Crippen molar-refractivity contribution in [2.75, 3.05) is 6.54 Å². The molecule has 0 aliphatic carbocycles. The van der Waals surface area contributed by atoms with E-state index in [4.69, 9.17) is 27.9 Å². The van der Waals surface area contributed by atoms with Crippen molar-refractivity contribution in [2.45, 2.75) is 6.61 Å². The van der Waals surface area contributed by atoms with Crippen LogP contribution in [0.15, 0.2) is 72.9 Å². The average Bonchev–Trinajstić information content (AvgIpc) is 3.00. The summed E-state index contributed by atoms with van der Waals surface area (Å²) in [5.41, 5.74) is 1.69. The summed E-state index contributed by atoms with van der Waals surface area (Å²) in [5.74, 6) is -0.0810. The summed E-state index contributed by atoms with van der Waals surface area (Å²) in [6.07, 6.45) is 3.00. The summed E-state index contributed by atoms with van der Waals surface area (Å²) in [6, 6.07) is 16.9. The second kappa shape index (κ2) is 8.84. The maximum Gasteiger partial charge on any atom is 0.329 e. The molecule has 1 N–H and O–H groups in total. The monoisotopic (exact) mass is 452 g/mol. The molecular weight excluding hydrogens is 435 g/mol. The zero-order valence-electron chi connectivity index (χ0n) is 16.4. The third kappa shape index (κ3) is 4.43. The molecular formula is C24H18Cl2N2O3. The van der Waals surface area contributed by atoms with Gasteiger partial charge >= 0.3 is 6.03 Å². The van der Waals surface area contributed by atoms with E-state index in [0.29, 0.717) is 28.0 Å². The smallest absolute Gasteiger partial charge is 0.329 e. The fourth-order valence-corrected chi connectivity index (χ4v) is 3.93. The van der Waals surface area contributed by atoms with Gasteiger partial charge in [-0.2, -0.15) is 0 Å². The summed E-state index contributed by atoms with van der Waals surface area (Å²) < 4.78 is 5.87. The van der Waals surface area contributed by atoms with Crippen molar-refractivity contribution in [3.63, 3.8) is 0 Å². The van der Waals surface area contributed by atoms with Crippen LogP contribution in [0.1, 0.15) is 11.1 Å². The fraction of sp³-hybridized carbons (Fsp3) is 0.0833. The lowest BCUT2D eigenvalue weighted by Gasteiger charge is -2.12. The molecule has 1 saturated heterocycles. The van der Waals surface area contributed by atoms with E-state index in [9.17, 15) is 9.59 Å². The second-order valence-corrected chi connectivity index (χ2v) is 7.79. The van der Waals surface area contributed by atoms with Crippen LogP contribution in [0, 0.1) is 0 Å². The van der Waals surface area contributed by atoms with E-state index in [1.807, 2.05) is 30.3 Å². The molecule has 1 aliphatic rings. The Balaban J connectivity index is 1.52. The lowest BCUT2D eigenvalue weighted by molar-refractivity contribution is -0.122. The van der Waals surface area contributed by atoms with Gasteiger partial charge in [-0.25, -0.2) is 4.79 Å². The number of fused-ring (bicyclic) bond motifs is 1. The van der Waals surface area contributed by atoms with E-state index < -0.39 is 11.9 Å². The lowest BCUT2D eigenvalue weighted by atomic mass is 10.1. The van der Waals surface area contributed by atoms with Gasteiger partial charge in [0.15, 0.2) is 5.75 Å². The molecule has 0 spiro atoms. The molecule has 156 valence electrons. The highest BCUT2D eigenvalue weighted by molar-refractivity contribution is 6.37. The molecule has 3 aromatic rings. The first-order chi connectivity index (χ1) is 15.0. The first-order valence-electron chi connectivity index (χ1n) is 9.51. The maximum atomic E-state index is 12.3. The molecule has 31 heavy (non-hydrogen) atoms. The Morgan fingerprint density at radius 2 is 1.71 bits per heavy atom. The number of imide groups is 1. The van der Waals surface area contributed by atoms with Gasteiger partial charge in [-0.15, -0.1) is 6.58 Å². The van der Waals surface area contributed by atoms with Crippen LogP contribution in [0.2, 0.25) is 10.0 Å². The zero-order valence-corrected chi connectivity index (χ0v) is 17.9. The number of rotatable bonds is 6. The molecule has 1 aliphatic heterocycles. The Labute approximate surface area is 189 Å². The first kappa shape index (κ1) is 21.0. The minimum absolute atomic E-state index is 0.130. The molecule has 1 fully saturated rings. The molecule has 0 saturated carbocycles. The van der Waals surface area contributed by atoms with Crippen molar-refractivity contribution >= 4 is 52.0 Å². The van der Waals surface area contributed by atoms with Crippen LogP contribution >= 0.6 is 23.2 Å². The average molecular weight is 453 g/mol. The van der Waals surface area contributed by atoms with Crippen LogP contribution in [0.25, 0.3) is 16.8 Å². The number of nitrogens with zero attached hydrogens (tertiary/aromatic N) is 1. The molecule has 0 aromatic heterocycles. The second-order valence-electron chi connectivity index (χ2n) is 6.98. The first-order valence-corrected chi connectivity index (χ1v) is 10.3. The van der Waals surface area contributed by atoms with Crippen molar-refractivity contribution in [2.24, 2.45) is 0 Å². The van der Waals surface area contributed by atoms with Gasteiger partial charge in [-0.05, 0) is 46.2 Å². The van der Waals surface area contributed by atoms with Gasteiger partial charge in [0.2, 0.25) is 0 Å². The Kier molecular flexibility index (Phi) is 5.98. The molecule has 3 aromatic carbocycles. The van der Waals surface area contributed by atoms with Crippen molar-refractivity contribution in [1.82, 2.24) is 10.2 Å². The summed E-state index contributed by atoms with van der Waals surface area (Å²) in [5, 5.41) is 5.42. The summed E-state index contributed by atoms with van der Waals surface area (Å²) in [7, 11) is 0. The Morgan fingerprint density at radius 3 is 2.42 bits per heavy atom. The summed E-state index contributed by atoms with van der Waals surface area (Å²) in [6.45, 7) is 3.98. The van der Waals surface area contributed by atoms with E-state index in [0.717, 1.165) is 21.2 Å². The maximum absolute atomic E-state index is 12.3. The van der Waals surface area contributed by atoms with E-state index in [1.165, 1.54) is 12.2 Å². The van der Waals surface area contributed by atoms with Crippen LogP contribution < -0.4 is 10.1 Å². The third-order valence-corrected chi connectivity index (χ3v) is 5.36. The fourth-order valence-electron chi connectivity index (χ4n) is 3.32. The highest BCUT2D eigenvalue weighted by atomic mass is 35.5. The van der Waals surface area contributed by atoms with E-state index in [2.05, 4.69) is 24.0 Å². The number of carbonyl (C=O) groups excluding carboxylic acids is 2. The minimum atomic E-state index is -0.497. The number of amides is 3. The van der Waals surface area contributed by atoms with Crippen molar-refractivity contribution in [3.05, 3.63) is 94.1 Å². The van der Waals surface area contributed by atoms with Crippen LogP contribution in [0.3, 0.4) is 0 Å². The number of hydrogen-bond donors (Lipinski definition) is 1. The van der Waals surface area contributed by atoms with Crippen LogP contribution in [0.5, 0.6) is 5.75 Å². The molecule has 1 heterocycles. The van der Waals surface area contributed by atoms with E-state index in [1.54, 1.807) is 12.1 Å². The van der Waals surface area contributed by atoms with Gasteiger partial charge in [0.25, 0.3) is 5.91 Å². The van der Waals surface area contributed by atoms with Gasteiger partial charge < -0.3 is 10.1 Å².